The summed E-state index contributed by atoms with van der Waals surface area (Å²) in [5.41, 5.74) is 1.20. The molecule has 1 unspecified atom stereocenters. The molecule has 2 heteroatoms. The predicted octanol–water partition coefficient (Wildman–Crippen LogP) is 2.29. The van der Waals surface area contributed by atoms with Crippen LogP contribution in [-0.2, 0) is 4.79 Å². The van der Waals surface area contributed by atoms with E-state index in [1.165, 1.54) is 5.69 Å². The lowest BCUT2D eigenvalue weighted by Crippen LogP contribution is -2.24. The van der Waals surface area contributed by atoms with Gasteiger partial charge in [-0.25, -0.2) is 0 Å². The molecular weight excluding hydrogens is 186 g/mol. The van der Waals surface area contributed by atoms with Gasteiger partial charge >= 0.3 is 0 Å². The van der Waals surface area contributed by atoms with Gasteiger partial charge < -0.3 is 4.90 Å². The molecule has 1 heterocycles. The fraction of sp³-hybridized carbons (Fsp3) is 0.462. The van der Waals surface area contributed by atoms with E-state index in [0.29, 0.717) is 12.2 Å². The van der Waals surface area contributed by atoms with Crippen molar-refractivity contribution in [3.8, 4) is 0 Å². The van der Waals surface area contributed by atoms with E-state index >= 15 is 0 Å². The van der Waals surface area contributed by atoms with Gasteiger partial charge in [-0.05, 0) is 24.6 Å². The van der Waals surface area contributed by atoms with Gasteiger partial charge in [-0.3, -0.25) is 4.79 Å². The maximum Gasteiger partial charge on any atom is 0.137 e. The van der Waals surface area contributed by atoms with Crippen LogP contribution in [0.3, 0.4) is 0 Å². The Morgan fingerprint density at radius 3 is 2.80 bits per heavy atom. The Hall–Kier alpha value is -1.31. The monoisotopic (exact) mass is 202 g/mol. The third-order valence-electron chi connectivity index (χ3n) is 3.08. The molecule has 2 nitrogen and oxygen atoms in total. The van der Waals surface area contributed by atoms with Gasteiger partial charge in [0.05, 0.1) is 0 Å². The van der Waals surface area contributed by atoms with E-state index in [4.69, 9.17) is 0 Å². The smallest absolute Gasteiger partial charge is 0.137 e. The van der Waals surface area contributed by atoms with Gasteiger partial charge in [0.1, 0.15) is 5.78 Å². The first-order valence-corrected chi connectivity index (χ1v) is 5.51. The number of carbonyl (C=O) groups excluding carboxylic acids is 1. The first kappa shape index (κ1) is 10.2. The van der Waals surface area contributed by atoms with Crippen LogP contribution in [0.2, 0.25) is 0 Å². The highest BCUT2D eigenvalue weighted by Gasteiger charge is 2.20. The van der Waals surface area contributed by atoms with Crippen molar-refractivity contribution in [3.05, 3.63) is 30.3 Å². The van der Waals surface area contributed by atoms with E-state index in [1.54, 1.807) is 0 Å². The number of ketones is 1. The molecular formula is C13H16NO. The van der Waals surface area contributed by atoms with Crippen LogP contribution in [-0.4, -0.2) is 18.9 Å². The Kier molecular flexibility index (Phi) is 3.05. The van der Waals surface area contributed by atoms with E-state index in [-0.39, 0.29) is 5.92 Å². The summed E-state index contributed by atoms with van der Waals surface area (Å²) in [6.45, 7) is 3.87. The molecule has 0 spiro atoms. The predicted molar refractivity (Wildman–Crippen MR) is 60.9 cm³/mol. The Balaban J connectivity index is 2.09. The van der Waals surface area contributed by atoms with Crippen LogP contribution in [0.4, 0.5) is 5.69 Å². The van der Waals surface area contributed by atoms with Crippen LogP contribution >= 0.6 is 0 Å². The van der Waals surface area contributed by atoms with Crippen molar-refractivity contribution in [1.82, 2.24) is 0 Å². The van der Waals surface area contributed by atoms with Gasteiger partial charge in [-0.2, -0.15) is 0 Å². The highest BCUT2D eigenvalue weighted by atomic mass is 16.1. The molecule has 1 atom stereocenters. The number of anilines is 1. The number of rotatable bonds is 1. The topological polar surface area (TPSA) is 20.3 Å². The van der Waals surface area contributed by atoms with Crippen LogP contribution in [0.25, 0.3) is 0 Å². The maximum absolute atomic E-state index is 11.6. The van der Waals surface area contributed by atoms with Gasteiger partial charge in [0, 0.05) is 31.1 Å². The fourth-order valence-electron chi connectivity index (χ4n) is 1.96. The third-order valence-corrected chi connectivity index (χ3v) is 3.08. The maximum atomic E-state index is 11.6. The lowest BCUT2D eigenvalue weighted by Gasteiger charge is -2.22. The number of hydrogen-bond acceptors (Lipinski definition) is 2. The summed E-state index contributed by atoms with van der Waals surface area (Å²) < 4.78 is 0. The zero-order valence-electron chi connectivity index (χ0n) is 9.07. The van der Waals surface area contributed by atoms with E-state index in [0.717, 1.165) is 19.5 Å². The molecule has 0 amide bonds. The molecule has 0 N–H and O–H groups in total. The normalized spacial score (nSPS) is 22.6. The minimum Gasteiger partial charge on any atom is -0.371 e. The van der Waals surface area contributed by atoms with Crippen LogP contribution < -0.4 is 4.90 Å². The molecule has 2 rings (SSSR count). The SMILES string of the molecule is CC1CCN(c2cc[c]cc2)CCC1=O. The zero-order chi connectivity index (χ0) is 10.7. The number of nitrogens with zero attached hydrogens (tertiary/aromatic N) is 1. The van der Waals surface area contributed by atoms with Crippen molar-refractivity contribution in [3.63, 3.8) is 0 Å². The quantitative estimate of drug-likeness (QED) is 0.696. The number of hydrogen-bond donors (Lipinski definition) is 0. The fourth-order valence-corrected chi connectivity index (χ4v) is 1.96. The van der Waals surface area contributed by atoms with Gasteiger partial charge in [0.15, 0.2) is 0 Å². The van der Waals surface area contributed by atoms with Crippen molar-refractivity contribution in [2.45, 2.75) is 19.8 Å². The second kappa shape index (κ2) is 4.47. The summed E-state index contributed by atoms with van der Waals surface area (Å²) in [4.78, 5) is 13.8. The lowest BCUT2D eigenvalue weighted by molar-refractivity contribution is -0.121. The molecule has 0 saturated carbocycles. The molecule has 1 aromatic carbocycles. The first-order chi connectivity index (χ1) is 7.27. The molecule has 0 aromatic heterocycles. The summed E-state index contributed by atoms with van der Waals surface area (Å²) in [5, 5.41) is 0. The van der Waals surface area contributed by atoms with Crippen LogP contribution in [0.5, 0.6) is 0 Å². The average molecular weight is 202 g/mol. The van der Waals surface area contributed by atoms with Crippen molar-refractivity contribution in [1.29, 1.82) is 0 Å². The van der Waals surface area contributed by atoms with Gasteiger partial charge in [0.2, 0.25) is 0 Å². The minimum absolute atomic E-state index is 0.227. The van der Waals surface area contributed by atoms with Crippen LogP contribution in [0.15, 0.2) is 24.3 Å². The lowest BCUT2D eigenvalue weighted by atomic mass is 10.0. The second-order valence-electron chi connectivity index (χ2n) is 4.15. The van der Waals surface area contributed by atoms with Crippen LogP contribution in [0.1, 0.15) is 19.8 Å². The van der Waals surface area contributed by atoms with Gasteiger partial charge in [-0.1, -0.05) is 19.1 Å². The molecule has 1 saturated heterocycles. The molecule has 1 aliphatic heterocycles. The van der Waals surface area contributed by atoms with Crippen LogP contribution in [0, 0.1) is 12.0 Å². The van der Waals surface area contributed by atoms with E-state index < -0.39 is 0 Å². The Bertz CT molecular complexity index is 334. The molecule has 0 bridgehead atoms. The molecule has 1 fully saturated rings. The molecule has 1 radical (unpaired) electrons. The van der Waals surface area contributed by atoms with E-state index in [1.807, 2.05) is 19.1 Å². The van der Waals surface area contributed by atoms with Crippen molar-refractivity contribution in [2.75, 3.05) is 18.0 Å². The zero-order valence-corrected chi connectivity index (χ0v) is 9.07. The summed E-state index contributed by atoms with van der Waals surface area (Å²) >= 11 is 0. The summed E-state index contributed by atoms with van der Waals surface area (Å²) in [5.74, 6) is 0.630. The minimum atomic E-state index is 0.227. The summed E-state index contributed by atoms with van der Waals surface area (Å²) in [6, 6.07) is 11.0. The van der Waals surface area contributed by atoms with Crippen molar-refractivity contribution in [2.24, 2.45) is 5.92 Å². The second-order valence-corrected chi connectivity index (χ2v) is 4.15. The van der Waals surface area contributed by atoms with E-state index in [9.17, 15) is 4.79 Å². The Morgan fingerprint density at radius 1 is 1.33 bits per heavy atom. The molecule has 15 heavy (non-hydrogen) atoms. The van der Waals surface area contributed by atoms with E-state index in [2.05, 4.69) is 23.1 Å². The number of carbonyl (C=O) groups is 1. The summed E-state index contributed by atoms with van der Waals surface area (Å²) in [7, 11) is 0. The largest absolute Gasteiger partial charge is 0.371 e. The molecule has 79 valence electrons. The molecule has 1 aromatic rings. The standard InChI is InChI=1S/C13H16NO/c1-11-7-9-14(10-8-13(11)15)12-5-3-2-4-6-12/h3-6,11H,7-10H2,1H3. The van der Waals surface area contributed by atoms with Gasteiger partial charge in [-0.15, -0.1) is 0 Å². The Morgan fingerprint density at radius 2 is 2.07 bits per heavy atom. The Labute approximate surface area is 90.9 Å². The van der Waals surface area contributed by atoms with Crippen molar-refractivity contribution >= 4 is 11.5 Å². The highest BCUT2D eigenvalue weighted by Crippen LogP contribution is 2.19. The summed E-state index contributed by atoms with van der Waals surface area (Å²) in [6.07, 6.45) is 1.65. The molecule has 0 aliphatic carbocycles. The number of Topliss-reactive ketones (excluding diaryl/α,β-unsaturated/α-hetero) is 1. The number of benzene rings is 1. The van der Waals surface area contributed by atoms with Gasteiger partial charge in [0.25, 0.3) is 0 Å². The highest BCUT2D eigenvalue weighted by molar-refractivity contribution is 5.81. The average Bonchev–Trinajstić information content (AvgIpc) is 2.44. The third kappa shape index (κ3) is 2.38. The van der Waals surface area contributed by atoms with Crippen molar-refractivity contribution < 1.29 is 4.79 Å². The first-order valence-electron chi connectivity index (χ1n) is 5.51. The molecule has 1 aliphatic rings.